The van der Waals surface area contributed by atoms with Crippen LogP contribution in [0, 0.1) is 21.7 Å². The molecule has 1 amide bonds. The maximum Gasteiger partial charge on any atom is 0.305 e. The minimum absolute atomic E-state index is 0.0761. The first-order chi connectivity index (χ1) is 9.91. The molecule has 0 heterocycles. The van der Waals surface area contributed by atoms with Crippen molar-refractivity contribution in [2.45, 2.75) is 0 Å². The summed E-state index contributed by atoms with van der Waals surface area (Å²) < 4.78 is 27.4. The van der Waals surface area contributed by atoms with E-state index in [2.05, 4.69) is 5.32 Å². The van der Waals surface area contributed by atoms with E-state index in [1.165, 1.54) is 24.3 Å². The molecule has 21 heavy (non-hydrogen) atoms. The second-order valence-electron chi connectivity index (χ2n) is 3.98. The summed E-state index contributed by atoms with van der Waals surface area (Å²) in [5.74, 6) is -4.37. The smallest absolute Gasteiger partial charge is 0.305 e. The highest BCUT2D eigenvalue weighted by Crippen LogP contribution is 2.26. The molecule has 0 unspecified atom stereocenters. The fourth-order valence-electron chi connectivity index (χ4n) is 1.65. The standard InChI is InChI=1S/C13H8F2N2O4/c14-7-5-6-9(17(20)21)12(15)11(7)13(19)16-8-3-1-2-4-10(8)18/h1-6,18H,(H,16,19). The summed E-state index contributed by atoms with van der Waals surface area (Å²) >= 11 is 0. The van der Waals surface area contributed by atoms with E-state index >= 15 is 0 Å². The number of benzene rings is 2. The molecule has 0 fully saturated rings. The van der Waals surface area contributed by atoms with Crippen molar-refractivity contribution in [2.75, 3.05) is 5.32 Å². The Morgan fingerprint density at radius 1 is 1.19 bits per heavy atom. The van der Waals surface area contributed by atoms with E-state index < -0.39 is 33.7 Å². The molecule has 0 bridgehead atoms. The minimum Gasteiger partial charge on any atom is -0.506 e. The third-order valence-electron chi connectivity index (χ3n) is 2.65. The molecule has 0 aliphatic heterocycles. The first-order valence-corrected chi connectivity index (χ1v) is 5.63. The number of aromatic hydroxyl groups is 1. The molecule has 0 atom stereocenters. The number of nitro benzene ring substituents is 1. The molecule has 108 valence electrons. The van der Waals surface area contributed by atoms with Gasteiger partial charge in [-0.3, -0.25) is 14.9 Å². The van der Waals surface area contributed by atoms with Crippen LogP contribution in [-0.4, -0.2) is 15.9 Å². The van der Waals surface area contributed by atoms with Crippen LogP contribution in [0.2, 0.25) is 0 Å². The summed E-state index contributed by atoms with van der Waals surface area (Å²) in [7, 11) is 0. The SMILES string of the molecule is O=C(Nc1ccccc1O)c1c(F)ccc([N+](=O)[O-])c1F. The molecule has 0 aromatic heterocycles. The van der Waals surface area contributed by atoms with Crippen molar-refractivity contribution in [1.82, 2.24) is 0 Å². The Bertz CT molecular complexity index is 734. The molecule has 2 N–H and O–H groups in total. The van der Waals surface area contributed by atoms with Gasteiger partial charge in [0.1, 0.15) is 17.1 Å². The lowest BCUT2D eigenvalue weighted by molar-refractivity contribution is -0.387. The second kappa shape index (κ2) is 5.53. The van der Waals surface area contributed by atoms with Crippen LogP contribution < -0.4 is 5.32 Å². The van der Waals surface area contributed by atoms with Gasteiger partial charge in [0, 0.05) is 6.07 Å². The van der Waals surface area contributed by atoms with Crippen LogP contribution in [0.5, 0.6) is 5.75 Å². The van der Waals surface area contributed by atoms with Crippen molar-refractivity contribution in [3.05, 3.63) is 63.7 Å². The maximum atomic E-state index is 13.8. The van der Waals surface area contributed by atoms with Crippen LogP contribution in [0.15, 0.2) is 36.4 Å². The third kappa shape index (κ3) is 2.78. The first-order valence-electron chi connectivity index (χ1n) is 5.63. The number of nitrogens with one attached hydrogen (secondary N) is 1. The summed E-state index contributed by atoms with van der Waals surface area (Å²) in [5.41, 5.74) is -2.18. The lowest BCUT2D eigenvalue weighted by Crippen LogP contribution is -2.16. The largest absolute Gasteiger partial charge is 0.506 e. The molecule has 2 aromatic rings. The highest BCUT2D eigenvalue weighted by Gasteiger charge is 2.26. The van der Waals surface area contributed by atoms with Crippen LogP contribution in [0.25, 0.3) is 0 Å². The van der Waals surface area contributed by atoms with E-state index in [1.54, 1.807) is 0 Å². The zero-order valence-corrected chi connectivity index (χ0v) is 10.3. The molecule has 0 saturated heterocycles. The van der Waals surface area contributed by atoms with Gasteiger partial charge in [-0.05, 0) is 18.2 Å². The number of hydrogen-bond acceptors (Lipinski definition) is 4. The lowest BCUT2D eigenvalue weighted by atomic mass is 10.1. The number of nitrogens with zero attached hydrogens (tertiary/aromatic N) is 1. The Morgan fingerprint density at radius 2 is 1.86 bits per heavy atom. The number of phenolic OH excluding ortho intramolecular Hbond substituents is 1. The molecule has 0 aliphatic carbocycles. The van der Waals surface area contributed by atoms with Gasteiger partial charge in [-0.2, -0.15) is 4.39 Å². The van der Waals surface area contributed by atoms with Gasteiger partial charge in [-0.25, -0.2) is 4.39 Å². The number of anilines is 1. The molecule has 0 spiro atoms. The first kappa shape index (κ1) is 14.4. The minimum atomic E-state index is -1.58. The number of para-hydroxylation sites is 2. The fourth-order valence-corrected chi connectivity index (χ4v) is 1.65. The number of rotatable bonds is 3. The molecule has 8 heteroatoms. The van der Waals surface area contributed by atoms with Crippen LogP contribution in [0.3, 0.4) is 0 Å². The highest BCUT2D eigenvalue weighted by molar-refractivity contribution is 6.05. The lowest BCUT2D eigenvalue weighted by Gasteiger charge is -2.08. The van der Waals surface area contributed by atoms with Crippen molar-refractivity contribution in [3.8, 4) is 5.75 Å². The average molecular weight is 294 g/mol. The van der Waals surface area contributed by atoms with Gasteiger partial charge in [-0.15, -0.1) is 0 Å². The second-order valence-corrected chi connectivity index (χ2v) is 3.98. The van der Waals surface area contributed by atoms with Gasteiger partial charge >= 0.3 is 5.69 Å². The summed E-state index contributed by atoms with van der Waals surface area (Å²) in [4.78, 5) is 21.4. The predicted molar refractivity (Wildman–Crippen MR) is 69.1 cm³/mol. The highest BCUT2D eigenvalue weighted by atomic mass is 19.1. The fraction of sp³-hybridized carbons (Fsp3) is 0. The molecule has 0 radical (unpaired) electrons. The number of carbonyl (C=O) groups is 1. The monoisotopic (exact) mass is 294 g/mol. The molecule has 0 saturated carbocycles. The van der Waals surface area contributed by atoms with Gasteiger partial charge in [0.05, 0.1) is 10.6 Å². The van der Waals surface area contributed by atoms with Gasteiger partial charge < -0.3 is 10.4 Å². The number of carbonyl (C=O) groups excluding carboxylic acids is 1. The molecule has 6 nitrogen and oxygen atoms in total. The quantitative estimate of drug-likeness (QED) is 0.517. The number of nitro groups is 1. The Hall–Kier alpha value is -3.03. The molecule has 0 aliphatic rings. The molecule has 2 aromatic carbocycles. The normalized spacial score (nSPS) is 10.2. The zero-order valence-electron chi connectivity index (χ0n) is 10.3. The van der Waals surface area contributed by atoms with Crippen molar-refractivity contribution >= 4 is 17.3 Å². The van der Waals surface area contributed by atoms with E-state index in [-0.39, 0.29) is 11.4 Å². The van der Waals surface area contributed by atoms with Gasteiger partial charge in [0.15, 0.2) is 0 Å². The van der Waals surface area contributed by atoms with E-state index in [0.29, 0.717) is 12.1 Å². The number of hydrogen-bond donors (Lipinski definition) is 2. The topological polar surface area (TPSA) is 92.5 Å². The Kier molecular flexibility index (Phi) is 3.79. The van der Waals surface area contributed by atoms with Crippen LogP contribution in [-0.2, 0) is 0 Å². The van der Waals surface area contributed by atoms with Gasteiger partial charge in [0.25, 0.3) is 5.91 Å². The van der Waals surface area contributed by atoms with Crippen LogP contribution >= 0.6 is 0 Å². The van der Waals surface area contributed by atoms with Crippen molar-refractivity contribution < 1.29 is 23.6 Å². The summed E-state index contributed by atoms with van der Waals surface area (Å²) in [5, 5.41) is 22.2. The zero-order chi connectivity index (χ0) is 15.6. The number of halogens is 2. The van der Waals surface area contributed by atoms with Crippen LogP contribution in [0.4, 0.5) is 20.2 Å². The van der Waals surface area contributed by atoms with Gasteiger partial charge in [-0.1, -0.05) is 12.1 Å². The molecular formula is C13H8F2N2O4. The van der Waals surface area contributed by atoms with E-state index in [9.17, 15) is 28.8 Å². The summed E-state index contributed by atoms with van der Waals surface area (Å²) in [6, 6.07) is 6.79. The van der Waals surface area contributed by atoms with Crippen LogP contribution in [0.1, 0.15) is 10.4 Å². The van der Waals surface area contributed by atoms with E-state index in [1.807, 2.05) is 0 Å². The molecule has 2 rings (SSSR count). The van der Waals surface area contributed by atoms with E-state index in [4.69, 9.17) is 0 Å². The Balaban J connectivity index is 2.42. The van der Waals surface area contributed by atoms with Crippen molar-refractivity contribution in [1.29, 1.82) is 0 Å². The number of phenols is 1. The number of amides is 1. The summed E-state index contributed by atoms with van der Waals surface area (Å²) in [6.07, 6.45) is 0. The Morgan fingerprint density at radius 3 is 2.48 bits per heavy atom. The maximum absolute atomic E-state index is 13.8. The molecular weight excluding hydrogens is 286 g/mol. The third-order valence-corrected chi connectivity index (χ3v) is 2.65. The van der Waals surface area contributed by atoms with E-state index in [0.717, 1.165) is 0 Å². The van der Waals surface area contributed by atoms with Crippen molar-refractivity contribution in [3.63, 3.8) is 0 Å². The summed E-state index contributed by atoms with van der Waals surface area (Å²) in [6.45, 7) is 0. The Labute approximate surface area is 116 Å². The van der Waals surface area contributed by atoms with Crippen molar-refractivity contribution in [2.24, 2.45) is 0 Å². The average Bonchev–Trinajstić information content (AvgIpc) is 2.41. The predicted octanol–water partition coefficient (Wildman–Crippen LogP) is 2.83. The van der Waals surface area contributed by atoms with Gasteiger partial charge in [0.2, 0.25) is 5.82 Å².